The van der Waals surface area contributed by atoms with Crippen molar-refractivity contribution in [1.82, 2.24) is 0 Å². The van der Waals surface area contributed by atoms with Crippen LogP contribution in [0.1, 0.15) is 0 Å². The number of rotatable bonds is 7. The van der Waals surface area contributed by atoms with Crippen molar-refractivity contribution in [2.75, 3.05) is 18.0 Å². The first-order chi connectivity index (χ1) is 14.7. The molecule has 0 radical (unpaired) electrons. The van der Waals surface area contributed by atoms with E-state index in [-0.39, 0.29) is 21.4 Å². The van der Waals surface area contributed by atoms with E-state index in [0.717, 1.165) is 0 Å². The van der Waals surface area contributed by atoms with Gasteiger partial charge in [0.2, 0.25) is 0 Å². The van der Waals surface area contributed by atoms with Gasteiger partial charge in [0.15, 0.2) is 6.61 Å². The zero-order chi connectivity index (χ0) is 22.6. The summed E-state index contributed by atoms with van der Waals surface area (Å²) in [5.41, 5.74) is 0.117. The Morgan fingerprint density at radius 3 is 2.10 bits per heavy atom. The Morgan fingerprint density at radius 2 is 1.52 bits per heavy atom. The van der Waals surface area contributed by atoms with Crippen LogP contribution in [0.4, 0.5) is 5.69 Å². The Morgan fingerprint density at radius 1 is 0.903 bits per heavy atom. The van der Waals surface area contributed by atoms with Gasteiger partial charge in [-0.15, -0.1) is 0 Å². The lowest BCUT2D eigenvalue weighted by Crippen LogP contribution is -2.40. The smallest absolute Gasteiger partial charge is 0.278 e. The second-order valence-electron chi connectivity index (χ2n) is 6.18. The lowest BCUT2D eigenvalue weighted by Gasteiger charge is -2.23. The Bertz CT molecular complexity index is 1180. The molecule has 0 heterocycles. The van der Waals surface area contributed by atoms with Gasteiger partial charge in [-0.25, -0.2) is 8.42 Å². The quantitative estimate of drug-likeness (QED) is 0.431. The van der Waals surface area contributed by atoms with E-state index in [1.54, 1.807) is 18.2 Å². The lowest BCUT2D eigenvalue weighted by atomic mass is 10.3. The Labute approximate surface area is 194 Å². The monoisotopic (exact) mass is 499 g/mol. The molecule has 0 aromatic heterocycles. The molecule has 0 atom stereocenters. The minimum absolute atomic E-state index is 0.106. The van der Waals surface area contributed by atoms with E-state index in [1.807, 2.05) is 0 Å². The van der Waals surface area contributed by atoms with Crippen molar-refractivity contribution in [2.45, 2.75) is 4.90 Å². The van der Waals surface area contributed by atoms with Crippen LogP contribution < -0.4 is 13.8 Å². The van der Waals surface area contributed by atoms with Crippen LogP contribution in [0.5, 0.6) is 11.5 Å². The van der Waals surface area contributed by atoms with Gasteiger partial charge in [-0.3, -0.25) is 4.79 Å². The van der Waals surface area contributed by atoms with Gasteiger partial charge >= 0.3 is 0 Å². The first kappa shape index (κ1) is 23.2. The number of amides is 1. The van der Waals surface area contributed by atoms with Crippen LogP contribution in [0.25, 0.3) is 0 Å². The third-order valence-corrected chi connectivity index (χ3v) is 6.68. The molecule has 0 saturated heterocycles. The topological polar surface area (TPSA) is 72.9 Å². The number of halogens is 3. The molecular formula is C21H16Cl3NO5S. The van der Waals surface area contributed by atoms with Gasteiger partial charge in [0.1, 0.15) is 11.5 Å². The van der Waals surface area contributed by atoms with Crippen LogP contribution in [-0.4, -0.2) is 28.0 Å². The molecule has 0 aliphatic heterocycles. The highest BCUT2D eigenvalue weighted by Crippen LogP contribution is 2.29. The van der Waals surface area contributed by atoms with E-state index in [1.165, 1.54) is 55.6 Å². The van der Waals surface area contributed by atoms with Crippen molar-refractivity contribution in [2.24, 2.45) is 0 Å². The molecule has 3 aromatic rings. The van der Waals surface area contributed by atoms with Crippen LogP contribution in [-0.2, 0) is 14.8 Å². The van der Waals surface area contributed by atoms with Crippen molar-refractivity contribution >= 4 is 56.4 Å². The first-order valence-electron chi connectivity index (χ1n) is 8.78. The fraction of sp³-hybridized carbons (Fsp3) is 0.0952. The van der Waals surface area contributed by atoms with E-state index in [4.69, 9.17) is 44.3 Å². The molecule has 0 aliphatic rings. The number of carbonyl (C=O) groups is 1. The fourth-order valence-electron chi connectivity index (χ4n) is 2.64. The summed E-state index contributed by atoms with van der Waals surface area (Å²) < 4.78 is 37.8. The van der Waals surface area contributed by atoms with Crippen LogP contribution in [0.15, 0.2) is 71.6 Å². The first-order valence-corrected chi connectivity index (χ1v) is 11.4. The third-order valence-electron chi connectivity index (χ3n) is 4.13. The highest BCUT2D eigenvalue weighted by Gasteiger charge is 2.31. The predicted octanol–water partition coefficient (Wildman–Crippen LogP) is 5.46. The summed E-state index contributed by atoms with van der Waals surface area (Å²) in [7, 11) is -2.78. The second-order valence-corrected chi connectivity index (χ2v) is 9.25. The maximum Gasteiger partial charge on any atom is 0.278 e. The van der Waals surface area contributed by atoms with Crippen molar-refractivity contribution in [3.05, 3.63) is 81.8 Å². The van der Waals surface area contributed by atoms with Gasteiger partial charge in [0.05, 0.1) is 22.7 Å². The summed E-state index contributed by atoms with van der Waals surface area (Å²) in [5, 5.41) is 0.952. The minimum Gasteiger partial charge on any atom is -0.497 e. The SMILES string of the molecule is COc1ccc(N(C(=O)COc2ccc(Cl)cc2Cl)S(=O)(=O)c2ccc(Cl)cc2)cc1. The van der Waals surface area contributed by atoms with Gasteiger partial charge in [-0.1, -0.05) is 34.8 Å². The number of methoxy groups -OCH3 is 1. The molecule has 10 heteroatoms. The predicted molar refractivity (Wildman–Crippen MR) is 121 cm³/mol. The number of benzene rings is 3. The van der Waals surface area contributed by atoms with Crippen LogP contribution >= 0.6 is 34.8 Å². The summed E-state index contributed by atoms with van der Waals surface area (Å²) in [6.45, 7) is -0.583. The number of nitrogens with zero attached hydrogens (tertiary/aromatic N) is 1. The minimum atomic E-state index is -4.26. The number of sulfonamides is 1. The zero-order valence-electron chi connectivity index (χ0n) is 16.1. The Kier molecular flexibility index (Phi) is 7.33. The summed E-state index contributed by atoms with van der Waals surface area (Å²) >= 11 is 17.8. The van der Waals surface area contributed by atoms with Crippen LogP contribution in [0, 0.1) is 0 Å². The average molecular weight is 501 g/mol. The largest absolute Gasteiger partial charge is 0.497 e. The number of carbonyl (C=O) groups excluding carboxylic acids is 1. The van der Waals surface area contributed by atoms with Crippen molar-refractivity contribution in [3.8, 4) is 11.5 Å². The normalized spacial score (nSPS) is 11.1. The molecule has 0 aliphatic carbocycles. The molecule has 0 unspecified atom stereocenters. The van der Waals surface area contributed by atoms with Crippen molar-refractivity contribution < 1.29 is 22.7 Å². The molecule has 6 nitrogen and oxygen atoms in total. The standard InChI is InChI=1S/C21H16Cl3NO5S/c1-29-17-7-5-16(6-8-17)25(31(27,28)18-9-2-14(22)3-10-18)21(26)13-30-20-11-4-15(23)12-19(20)24/h2-12H,13H2,1H3. The molecule has 0 spiro atoms. The summed E-state index contributed by atoms with van der Waals surface area (Å²) in [5.74, 6) is -0.131. The van der Waals surface area contributed by atoms with Gasteiger partial charge in [0.25, 0.3) is 15.9 Å². The Balaban J connectivity index is 1.96. The molecule has 3 rings (SSSR count). The molecule has 1 amide bonds. The summed E-state index contributed by atoms with van der Waals surface area (Å²) in [6.07, 6.45) is 0. The van der Waals surface area contributed by atoms with Gasteiger partial charge in [-0.05, 0) is 66.7 Å². The van der Waals surface area contributed by atoms with E-state index in [2.05, 4.69) is 0 Å². The lowest BCUT2D eigenvalue weighted by molar-refractivity contribution is -0.119. The van der Waals surface area contributed by atoms with Gasteiger partial charge < -0.3 is 9.47 Å². The Hall–Kier alpha value is -2.45. The maximum absolute atomic E-state index is 13.3. The van der Waals surface area contributed by atoms with E-state index >= 15 is 0 Å². The van der Waals surface area contributed by atoms with E-state index in [9.17, 15) is 13.2 Å². The molecule has 0 saturated carbocycles. The van der Waals surface area contributed by atoms with E-state index in [0.29, 0.717) is 20.1 Å². The van der Waals surface area contributed by atoms with Gasteiger partial charge in [0, 0.05) is 10.0 Å². The number of anilines is 1. The number of hydrogen-bond acceptors (Lipinski definition) is 5. The second kappa shape index (κ2) is 9.78. The summed E-state index contributed by atoms with van der Waals surface area (Å²) in [4.78, 5) is 12.9. The van der Waals surface area contributed by atoms with Crippen LogP contribution in [0.2, 0.25) is 15.1 Å². The molecular weight excluding hydrogens is 485 g/mol. The van der Waals surface area contributed by atoms with Crippen LogP contribution in [0.3, 0.4) is 0 Å². The van der Waals surface area contributed by atoms with E-state index < -0.39 is 22.5 Å². The molecule has 0 fully saturated rings. The average Bonchev–Trinajstić information content (AvgIpc) is 2.74. The molecule has 162 valence electrons. The third kappa shape index (κ3) is 5.43. The number of ether oxygens (including phenoxy) is 2. The molecule has 3 aromatic carbocycles. The number of hydrogen-bond donors (Lipinski definition) is 0. The van der Waals surface area contributed by atoms with Crippen molar-refractivity contribution in [1.29, 1.82) is 0 Å². The molecule has 31 heavy (non-hydrogen) atoms. The zero-order valence-corrected chi connectivity index (χ0v) is 19.2. The fourth-order valence-corrected chi connectivity index (χ4v) is 4.64. The van der Waals surface area contributed by atoms with Crippen molar-refractivity contribution in [3.63, 3.8) is 0 Å². The molecule has 0 bridgehead atoms. The van der Waals surface area contributed by atoms with Gasteiger partial charge in [-0.2, -0.15) is 4.31 Å². The summed E-state index contributed by atoms with van der Waals surface area (Å²) in [6, 6.07) is 16.0. The molecule has 0 N–H and O–H groups in total. The highest BCUT2D eigenvalue weighted by atomic mass is 35.5. The highest BCUT2D eigenvalue weighted by molar-refractivity contribution is 7.93. The maximum atomic E-state index is 13.3.